The summed E-state index contributed by atoms with van der Waals surface area (Å²) in [6, 6.07) is 0. The molecule has 1 aliphatic heterocycles. The average molecular weight is 185 g/mol. The van der Waals surface area contributed by atoms with E-state index in [0.29, 0.717) is 5.54 Å². The van der Waals surface area contributed by atoms with Crippen LogP contribution in [-0.2, 0) is 0 Å². The van der Waals surface area contributed by atoms with E-state index in [2.05, 4.69) is 38.0 Å². The molecule has 1 rings (SSSR count). The van der Waals surface area contributed by atoms with Gasteiger partial charge >= 0.3 is 0 Å². The fourth-order valence-corrected chi connectivity index (χ4v) is 1.88. The summed E-state index contributed by atoms with van der Waals surface area (Å²) < 4.78 is 0. The van der Waals surface area contributed by atoms with Crippen LogP contribution in [0.4, 0.5) is 0 Å². The first-order chi connectivity index (χ1) is 5.56. The van der Waals surface area contributed by atoms with Crippen LogP contribution in [0, 0.1) is 0 Å². The minimum Gasteiger partial charge on any atom is -0.294 e. The van der Waals surface area contributed by atoms with Gasteiger partial charge in [0.1, 0.15) is 0 Å². The Morgan fingerprint density at radius 3 is 2.67 bits per heavy atom. The van der Waals surface area contributed by atoms with Crippen molar-refractivity contribution in [3.63, 3.8) is 0 Å². The lowest BCUT2D eigenvalue weighted by atomic mass is 10.0. The van der Waals surface area contributed by atoms with Gasteiger partial charge in [0.25, 0.3) is 0 Å². The predicted octanol–water partition coefficient (Wildman–Crippen LogP) is 2.35. The van der Waals surface area contributed by atoms with Crippen molar-refractivity contribution in [2.24, 2.45) is 0 Å². The van der Waals surface area contributed by atoms with Crippen molar-refractivity contribution in [3.05, 3.63) is 12.2 Å². The smallest absolute Gasteiger partial charge is 0.0203 e. The summed E-state index contributed by atoms with van der Waals surface area (Å²) in [6.07, 6.45) is 2.64. The van der Waals surface area contributed by atoms with Gasteiger partial charge in [0.2, 0.25) is 0 Å². The molecule has 0 amide bonds. The number of rotatable bonds is 3. The van der Waals surface area contributed by atoms with Gasteiger partial charge in [-0.2, -0.15) is 12.6 Å². The first-order valence-electron chi connectivity index (χ1n) is 4.59. The van der Waals surface area contributed by atoms with Crippen molar-refractivity contribution in [1.82, 2.24) is 4.90 Å². The van der Waals surface area contributed by atoms with Gasteiger partial charge < -0.3 is 0 Å². The van der Waals surface area contributed by atoms with Crippen molar-refractivity contribution in [3.8, 4) is 0 Å². The Hall–Kier alpha value is 0.0500. The van der Waals surface area contributed by atoms with E-state index in [4.69, 9.17) is 0 Å². The van der Waals surface area contributed by atoms with Gasteiger partial charge in [0.05, 0.1) is 0 Å². The Bertz CT molecular complexity index is 175. The zero-order chi connectivity index (χ0) is 9.19. The van der Waals surface area contributed by atoms with Crippen LogP contribution in [0.15, 0.2) is 12.2 Å². The quantitative estimate of drug-likeness (QED) is 0.522. The Morgan fingerprint density at radius 1 is 1.58 bits per heavy atom. The molecule has 0 saturated carbocycles. The van der Waals surface area contributed by atoms with Crippen LogP contribution >= 0.6 is 12.6 Å². The standard InChI is InChI=1S/C10H19NS/c1-9(8-12)7-11-6-4-5-10(11,2)3/h12H,1,4-8H2,2-3H3. The van der Waals surface area contributed by atoms with Crippen molar-refractivity contribution in [2.75, 3.05) is 18.8 Å². The van der Waals surface area contributed by atoms with E-state index in [1.165, 1.54) is 25.0 Å². The molecule has 2 heteroatoms. The van der Waals surface area contributed by atoms with Gasteiger partial charge in [-0.1, -0.05) is 12.2 Å². The molecule has 1 fully saturated rings. The van der Waals surface area contributed by atoms with Gasteiger partial charge in [-0.3, -0.25) is 4.90 Å². The van der Waals surface area contributed by atoms with E-state index in [9.17, 15) is 0 Å². The summed E-state index contributed by atoms with van der Waals surface area (Å²) in [5.41, 5.74) is 1.61. The molecule has 1 aliphatic rings. The van der Waals surface area contributed by atoms with Crippen LogP contribution < -0.4 is 0 Å². The second-order valence-electron chi connectivity index (χ2n) is 4.25. The Labute approximate surface area is 81.2 Å². The second kappa shape index (κ2) is 3.84. The zero-order valence-electron chi connectivity index (χ0n) is 8.14. The maximum absolute atomic E-state index is 4.22. The van der Waals surface area contributed by atoms with E-state index in [1.807, 2.05) is 0 Å². The molecular weight excluding hydrogens is 166 g/mol. The first kappa shape index (κ1) is 10.1. The summed E-state index contributed by atoms with van der Waals surface area (Å²) in [6.45, 7) is 10.9. The average Bonchev–Trinajstić information content (AvgIpc) is 2.31. The van der Waals surface area contributed by atoms with E-state index < -0.39 is 0 Å². The summed E-state index contributed by atoms with van der Waals surface area (Å²) in [7, 11) is 0. The van der Waals surface area contributed by atoms with Crippen molar-refractivity contribution >= 4 is 12.6 Å². The van der Waals surface area contributed by atoms with Crippen molar-refractivity contribution < 1.29 is 0 Å². The normalized spacial score (nSPS) is 22.9. The van der Waals surface area contributed by atoms with Gasteiger partial charge in [-0.05, 0) is 33.2 Å². The molecule has 0 aromatic carbocycles. The fraction of sp³-hybridized carbons (Fsp3) is 0.800. The molecule has 0 bridgehead atoms. The minimum absolute atomic E-state index is 0.381. The third-order valence-corrected chi connectivity index (χ3v) is 3.16. The molecule has 70 valence electrons. The molecule has 0 radical (unpaired) electrons. The van der Waals surface area contributed by atoms with Crippen LogP contribution in [0.25, 0.3) is 0 Å². The molecule has 0 spiro atoms. The van der Waals surface area contributed by atoms with E-state index >= 15 is 0 Å². The van der Waals surface area contributed by atoms with E-state index in [-0.39, 0.29) is 0 Å². The summed E-state index contributed by atoms with van der Waals surface area (Å²) >= 11 is 4.22. The van der Waals surface area contributed by atoms with Crippen LogP contribution in [0.5, 0.6) is 0 Å². The molecule has 1 heterocycles. The highest BCUT2D eigenvalue weighted by Gasteiger charge is 2.31. The van der Waals surface area contributed by atoms with Crippen LogP contribution in [0.2, 0.25) is 0 Å². The van der Waals surface area contributed by atoms with E-state index in [1.54, 1.807) is 0 Å². The largest absolute Gasteiger partial charge is 0.294 e. The number of hydrogen-bond acceptors (Lipinski definition) is 2. The number of nitrogens with zero attached hydrogens (tertiary/aromatic N) is 1. The lowest BCUT2D eigenvalue weighted by Crippen LogP contribution is -2.39. The maximum atomic E-state index is 4.22. The third kappa shape index (κ3) is 2.27. The highest BCUT2D eigenvalue weighted by Crippen LogP contribution is 2.28. The molecule has 0 aromatic rings. The Morgan fingerprint density at radius 2 is 2.25 bits per heavy atom. The highest BCUT2D eigenvalue weighted by molar-refractivity contribution is 7.80. The lowest BCUT2D eigenvalue weighted by Gasteiger charge is -2.31. The molecule has 0 aliphatic carbocycles. The molecule has 0 unspecified atom stereocenters. The van der Waals surface area contributed by atoms with Gasteiger partial charge in [0, 0.05) is 17.8 Å². The fourth-order valence-electron chi connectivity index (χ4n) is 1.78. The lowest BCUT2D eigenvalue weighted by molar-refractivity contribution is 0.191. The van der Waals surface area contributed by atoms with Gasteiger partial charge in [0.15, 0.2) is 0 Å². The molecule has 12 heavy (non-hydrogen) atoms. The summed E-state index contributed by atoms with van der Waals surface area (Å²) in [4.78, 5) is 2.51. The SMILES string of the molecule is C=C(CS)CN1CCCC1(C)C. The topological polar surface area (TPSA) is 3.24 Å². The Kier molecular flexibility index (Phi) is 3.24. The molecule has 1 nitrogen and oxygen atoms in total. The third-order valence-electron chi connectivity index (χ3n) is 2.71. The van der Waals surface area contributed by atoms with Crippen molar-refractivity contribution in [1.29, 1.82) is 0 Å². The molecule has 0 N–H and O–H groups in total. The van der Waals surface area contributed by atoms with Crippen LogP contribution in [0.3, 0.4) is 0 Å². The molecule has 0 atom stereocenters. The zero-order valence-corrected chi connectivity index (χ0v) is 9.03. The predicted molar refractivity (Wildman–Crippen MR) is 57.9 cm³/mol. The van der Waals surface area contributed by atoms with E-state index in [0.717, 1.165) is 12.3 Å². The number of likely N-dealkylation sites (tertiary alicyclic amines) is 1. The van der Waals surface area contributed by atoms with Crippen molar-refractivity contribution in [2.45, 2.75) is 32.2 Å². The monoisotopic (exact) mass is 185 g/mol. The van der Waals surface area contributed by atoms with Crippen LogP contribution in [-0.4, -0.2) is 29.3 Å². The minimum atomic E-state index is 0.381. The summed E-state index contributed by atoms with van der Waals surface area (Å²) in [5, 5.41) is 0. The first-order valence-corrected chi connectivity index (χ1v) is 5.22. The Balaban J connectivity index is 2.47. The van der Waals surface area contributed by atoms with Gasteiger partial charge in [-0.15, -0.1) is 0 Å². The van der Waals surface area contributed by atoms with Gasteiger partial charge in [-0.25, -0.2) is 0 Å². The number of thiol groups is 1. The van der Waals surface area contributed by atoms with Crippen LogP contribution in [0.1, 0.15) is 26.7 Å². The molecule has 0 aromatic heterocycles. The highest BCUT2D eigenvalue weighted by atomic mass is 32.1. The molecular formula is C10H19NS. The summed E-state index contributed by atoms with van der Waals surface area (Å²) in [5.74, 6) is 0.812. The molecule has 1 saturated heterocycles. The number of hydrogen-bond donors (Lipinski definition) is 1. The maximum Gasteiger partial charge on any atom is 0.0203 e. The second-order valence-corrected chi connectivity index (χ2v) is 4.56.